The van der Waals surface area contributed by atoms with E-state index < -0.39 is 0 Å². The van der Waals surface area contributed by atoms with Gasteiger partial charge < -0.3 is 10.4 Å². The van der Waals surface area contributed by atoms with Gasteiger partial charge in [-0.1, -0.05) is 0 Å². The van der Waals surface area contributed by atoms with Crippen LogP contribution in [0.1, 0.15) is 12.5 Å². The number of halogens is 2. The van der Waals surface area contributed by atoms with E-state index in [-0.39, 0.29) is 5.91 Å². The molecule has 0 aliphatic rings. The molecule has 2 N–H and O–H groups in total. The molecule has 0 atom stereocenters. The van der Waals surface area contributed by atoms with E-state index in [0.29, 0.717) is 12.3 Å². The summed E-state index contributed by atoms with van der Waals surface area (Å²) in [4.78, 5) is 10.7. The third-order valence-corrected chi connectivity index (χ3v) is 3.51. The van der Waals surface area contributed by atoms with Crippen LogP contribution in [0.5, 0.6) is 5.75 Å². The van der Waals surface area contributed by atoms with Gasteiger partial charge in [0, 0.05) is 13.5 Å². The molecule has 0 heterocycles. The summed E-state index contributed by atoms with van der Waals surface area (Å²) in [6.07, 6.45) is 0.784. The van der Waals surface area contributed by atoms with E-state index >= 15 is 0 Å². The van der Waals surface area contributed by atoms with Gasteiger partial charge in [-0.3, -0.25) is 4.79 Å². The zero-order valence-corrected chi connectivity index (χ0v) is 12.5. The van der Waals surface area contributed by atoms with Crippen LogP contribution < -0.4 is 5.32 Å². The van der Waals surface area contributed by atoms with Crippen molar-refractivity contribution in [3.63, 3.8) is 0 Å². The molecular formula is C10H11I2NO2. The number of amides is 1. The summed E-state index contributed by atoms with van der Waals surface area (Å²) >= 11 is 4.20. The average molecular weight is 431 g/mol. The summed E-state index contributed by atoms with van der Waals surface area (Å²) in [5.41, 5.74) is 1.12. The van der Waals surface area contributed by atoms with Crippen molar-refractivity contribution in [1.82, 2.24) is 5.32 Å². The molecule has 0 aromatic heterocycles. The van der Waals surface area contributed by atoms with Gasteiger partial charge in [-0.25, -0.2) is 0 Å². The number of hydrogen-bond donors (Lipinski definition) is 2. The minimum atomic E-state index is -0.0156. The fourth-order valence-electron chi connectivity index (χ4n) is 1.15. The molecule has 0 aliphatic carbocycles. The van der Waals surface area contributed by atoms with E-state index in [1.165, 1.54) is 6.92 Å². The van der Waals surface area contributed by atoms with Crippen molar-refractivity contribution in [3.8, 4) is 5.75 Å². The van der Waals surface area contributed by atoms with Crippen molar-refractivity contribution < 1.29 is 9.90 Å². The van der Waals surface area contributed by atoms with Crippen molar-refractivity contribution >= 4 is 51.1 Å². The lowest BCUT2D eigenvalue weighted by molar-refractivity contribution is -0.118. The van der Waals surface area contributed by atoms with Crippen LogP contribution in [-0.2, 0) is 11.2 Å². The number of aromatic hydroxyl groups is 1. The van der Waals surface area contributed by atoms with Crippen LogP contribution in [0.4, 0.5) is 0 Å². The van der Waals surface area contributed by atoms with E-state index in [2.05, 4.69) is 50.5 Å². The van der Waals surface area contributed by atoms with Gasteiger partial charge in [-0.15, -0.1) is 0 Å². The molecule has 0 bridgehead atoms. The molecule has 3 nitrogen and oxygen atoms in total. The topological polar surface area (TPSA) is 49.3 Å². The highest BCUT2D eigenvalue weighted by atomic mass is 127. The molecule has 0 saturated heterocycles. The number of nitrogens with one attached hydrogen (secondary N) is 1. The number of hydrogen-bond acceptors (Lipinski definition) is 2. The standard InChI is InChI=1S/C10H11I2NO2/c1-6(14)13-3-2-7-4-8(11)10(15)9(12)5-7/h4-5,15H,2-3H2,1H3,(H,13,14). The molecule has 1 aromatic carbocycles. The van der Waals surface area contributed by atoms with E-state index in [9.17, 15) is 9.90 Å². The van der Waals surface area contributed by atoms with Crippen LogP contribution in [-0.4, -0.2) is 17.6 Å². The third-order valence-electron chi connectivity index (χ3n) is 1.86. The first-order chi connectivity index (χ1) is 7.00. The summed E-state index contributed by atoms with van der Waals surface area (Å²) < 4.78 is 1.69. The molecule has 1 aromatic rings. The zero-order chi connectivity index (χ0) is 11.4. The number of carbonyl (C=O) groups excluding carboxylic acids is 1. The van der Waals surface area contributed by atoms with E-state index in [1.807, 2.05) is 12.1 Å². The second-order valence-electron chi connectivity index (χ2n) is 3.14. The molecule has 15 heavy (non-hydrogen) atoms. The molecule has 0 unspecified atom stereocenters. The maximum Gasteiger partial charge on any atom is 0.216 e. The van der Waals surface area contributed by atoms with Crippen LogP contribution in [0.15, 0.2) is 12.1 Å². The van der Waals surface area contributed by atoms with Gasteiger partial charge in [-0.05, 0) is 69.3 Å². The lowest BCUT2D eigenvalue weighted by Crippen LogP contribution is -2.22. The molecule has 0 saturated carbocycles. The minimum absolute atomic E-state index is 0.0156. The first-order valence-corrected chi connectivity index (χ1v) is 6.58. The Hall–Kier alpha value is -0.0500. The highest BCUT2D eigenvalue weighted by Gasteiger charge is 2.05. The summed E-state index contributed by atoms with van der Waals surface area (Å²) in [6, 6.07) is 3.86. The number of carbonyl (C=O) groups is 1. The Labute approximate surface area is 116 Å². The normalized spacial score (nSPS) is 10.1. The second kappa shape index (κ2) is 5.88. The minimum Gasteiger partial charge on any atom is -0.506 e. The van der Waals surface area contributed by atoms with E-state index in [0.717, 1.165) is 19.1 Å². The van der Waals surface area contributed by atoms with Crippen LogP contribution in [0.3, 0.4) is 0 Å². The lowest BCUT2D eigenvalue weighted by atomic mass is 10.1. The molecule has 0 aliphatic heterocycles. The number of rotatable bonds is 3. The first kappa shape index (κ1) is 13.0. The zero-order valence-electron chi connectivity index (χ0n) is 8.18. The Morgan fingerprint density at radius 2 is 1.93 bits per heavy atom. The van der Waals surface area contributed by atoms with Crippen molar-refractivity contribution in [1.29, 1.82) is 0 Å². The maximum absolute atomic E-state index is 10.7. The Morgan fingerprint density at radius 3 is 2.40 bits per heavy atom. The molecule has 0 spiro atoms. The van der Waals surface area contributed by atoms with E-state index in [4.69, 9.17) is 0 Å². The Balaban J connectivity index is 2.66. The molecule has 1 rings (SSSR count). The Bertz CT molecular complexity index is 357. The van der Waals surface area contributed by atoms with Gasteiger partial charge in [0.2, 0.25) is 5.91 Å². The first-order valence-electron chi connectivity index (χ1n) is 4.42. The largest absolute Gasteiger partial charge is 0.506 e. The molecular weight excluding hydrogens is 420 g/mol. The van der Waals surface area contributed by atoms with Gasteiger partial charge in [0.05, 0.1) is 7.14 Å². The summed E-state index contributed by atoms with van der Waals surface area (Å²) in [6.45, 7) is 2.14. The van der Waals surface area contributed by atoms with Gasteiger partial charge in [0.25, 0.3) is 0 Å². The van der Waals surface area contributed by atoms with Crippen molar-refractivity contribution in [3.05, 3.63) is 24.8 Å². The van der Waals surface area contributed by atoms with Crippen LogP contribution in [0, 0.1) is 7.14 Å². The van der Waals surface area contributed by atoms with Crippen LogP contribution in [0.2, 0.25) is 0 Å². The van der Waals surface area contributed by atoms with Gasteiger partial charge in [-0.2, -0.15) is 0 Å². The molecule has 82 valence electrons. The predicted octanol–water partition coefficient (Wildman–Crippen LogP) is 2.28. The van der Waals surface area contributed by atoms with E-state index in [1.54, 1.807) is 0 Å². The monoisotopic (exact) mass is 431 g/mol. The molecule has 0 radical (unpaired) electrons. The van der Waals surface area contributed by atoms with Gasteiger partial charge >= 0.3 is 0 Å². The molecule has 5 heteroatoms. The highest BCUT2D eigenvalue weighted by molar-refractivity contribution is 14.1. The Kier molecular flexibility index (Phi) is 5.10. The molecule has 1 amide bonds. The fraction of sp³-hybridized carbons (Fsp3) is 0.300. The maximum atomic E-state index is 10.7. The van der Waals surface area contributed by atoms with Crippen LogP contribution in [0.25, 0.3) is 0 Å². The number of phenols is 1. The SMILES string of the molecule is CC(=O)NCCc1cc(I)c(O)c(I)c1. The van der Waals surface area contributed by atoms with Crippen molar-refractivity contribution in [2.75, 3.05) is 6.54 Å². The lowest BCUT2D eigenvalue weighted by Gasteiger charge is -2.06. The van der Waals surface area contributed by atoms with Crippen LogP contribution >= 0.6 is 45.2 Å². The third kappa shape index (κ3) is 4.13. The highest BCUT2D eigenvalue weighted by Crippen LogP contribution is 2.27. The summed E-state index contributed by atoms with van der Waals surface area (Å²) in [5, 5.41) is 12.3. The summed E-state index contributed by atoms with van der Waals surface area (Å²) in [5.74, 6) is 0.317. The summed E-state index contributed by atoms with van der Waals surface area (Å²) in [7, 11) is 0. The predicted molar refractivity (Wildman–Crippen MR) is 75.9 cm³/mol. The van der Waals surface area contributed by atoms with Crippen molar-refractivity contribution in [2.45, 2.75) is 13.3 Å². The Morgan fingerprint density at radius 1 is 1.40 bits per heavy atom. The smallest absolute Gasteiger partial charge is 0.216 e. The quantitative estimate of drug-likeness (QED) is 0.723. The van der Waals surface area contributed by atoms with Gasteiger partial charge in [0.1, 0.15) is 5.75 Å². The fourth-order valence-corrected chi connectivity index (χ4v) is 3.04. The average Bonchev–Trinajstić information content (AvgIpc) is 2.13. The second-order valence-corrected chi connectivity index (χ2v) is 5.47. The number of phenolic OH excluding ortho intramolecular Hbond substituents is 1. The number of benzene rings is 1. The molecule has 0 fully saturated rings. The van der Waals surface area contributed by atoms with Crippen molar-refractivity contribution in [2.24, 2.45) is 0 Å². The van der Waals surface area contributed by atoms with Gasteiger partial charge in [0.15, 0.2) is 0 Å².